The number of amides is 1. The zero-order valence-corrected chi connectivity index (χ0v) is 14.2. The van der Waals surface area contributed by atoms with E-state index in [-0.39, 0.29) is 21.4 Å². The molecule has 1 aliphatic heterocycles. The maximum Gasteiger partial charge on any atom is 0.259 e. The molecular weight excluding hydrogens is 334 g/mol. The second-order valence-electron chi connectivity index (χ2n) is 5.60. The van der Waals surface area contributed by atoms with E-state index in [9.17, 15) is 13.2 Å². The molecule has 0 atom stereocenters. The first-order valence-corrected chi connectivity index (χ1v) is 9.54. The van der Waals surface area contributed by atoms with Gasteiger partial charge in [-0.1, -0.05) is 29.8 Å². The van der Waals surface area contributed by atoms with Gasteiger partial charge < -0.3 is 4.90 Å². The quantitative estimate of drug-likeness (QED) is 0.835. The number of hydrogen-bond donors (Lipinski definition) is 0. The normalized spacial score (nSPS) is 14.4. The predicted octanol–water partition coefficient (Wildman–Crippen LogP) is 3.34. The Hall–Kier alpha value is -1.85. The Labute approximate surface area is 140 Å². The summed E-state index contributed by atoms with van der Waals surface area (Å²) in [5.74, 6) is -0.271. The third-order valence-electron chi connectivity index (χ3n) is 3.95. The van der Waals surface area contributed by atoms with Crippen molar-refractivity contribution in [3.8, 4) is 0 Å². The third kappa shape index (κ3) is 3.12. The lowest BCUT2D eigenvalue weighted by atomic mass is 10.0. The number of para-hydroxylation sites is 1. The summed E-state index contributed by atoms with van der Waals surface area (Å²) < 4.78 is 23.5. The van der Waals surface area contributed by atoms with Crippen molar-refractivity contribution in [2.24, 2.45) is 0 Å². The molecule has 0 radical (unpaired) electrons. The minimum Gasteiger partial charge on any atom is -0.308 e. The van der Waals surface area contributed by atoms with Crippen LogP contribution in [0.25, 0.3) is 0 Å². The Kier molecular flexibility index (Phi) is 4.17. The first-order valence-electron chi connectivity index (χ1n) is 7.27. The van der Waals surface area contributed by atoms with Crippen molar-refractivity contribution < 1.29 is 13.2 Å². The maximum atomic E-state index is 12.9. The van der Waals surface area contributed by atoms with Crippen LogP contribution in [-0.2, 0) is 16.3 Å². The Balaban J connectivity index is 2.05. The van der Waals surface area contributed by atoms with Crippen LogP contribution in [0.1, 0.15) is 22.3 Å². The monoisotopic (exact) mass is 349 g/mol. The minimum atomic E-state index is -3.40. The zero-order valence-electron chi connectivity index (χ0n) is 12.6. The summed E-state index contributed by atoms with van der Waals surface area (Å²) in [6, 6.07) is 12.0. The Morgan fingerprint density at radius 2 is 1.91 bits per heavy atom. The molecule has 1 amide bonds. The van der Waals surface area contributed by atoms with Gasteiger partial charge in [-0.15, -0.1) is 0 Å². The Morgan fingerprint density at radius 1 is 1.17 bits per heavy atom. The predicted molar refractivity (Wildman–Crippen MR) is 91.0 cm³/mol. The molecule has 3 rings (SSSR count). The highest BCUT2D eigenvalue weighted by molar-refractivity contribution is 7.90. The van der Waals surface area contributed by atoms with E-state index in [1.165, 1.54) is 18.2 Å². The van der Waals surface area contributed by atoms with Gasteiger partial charge in [0.15, 0.2) is 9.84 Å². The van der Waals surface area contributed by atoms with Crippen molar-refractivity contribution in [3.05, 3.63) is 58.6 Å². The molecule has 6 heteroatoms. The highest BCUT2D eigenvalue weighted by Gasteiger charge is 2.25. The highest BCUT2D eigenvalue weighted by Crippen LogP contribution is 2.30. The molecule has 0 saturated carbocycles. The first kappa shape index (κ1) is 16.0. The first-order chi connectivity index (χ1) is 10.9. The van der Waals surface area contributed by atoms with Crippen LogP contribution in [0.2, 0.25) is 5.02 Å². The molecule has 2 aromatic rings. The number of benzene rings is 2. The van der Waals surface area contributed by atoms with Gasteiger partial charge >= 0.3 is 0 Å². The molecule has 0 aromatic heterocycles. The van der Waals surface area contributed by atoms with Gasteiger partial charge in [0.05, 0.1) is 15.5 Å². The number of nitrogens with zero attached hydrogens (tertiary/aromatic N) is 1. The molecule has 0 unspecified atom stereocenters. The number of carbonyl (C=O) groups excluding carboxylic acids is 1. The Bertz CT molecular complexity index is 877. The van der Waals surface area contributed by atoms with Crippen molar-refractivity contribution in [1.29, 1.82) is 0 Å². The average Bonchev–Trinajstić information content (AvgIpc) is 2.53. The van der Waals surface area contributed by atoms with Gasteiger partial charge in [0.1, 0.15) is 0 Å². The van der Waals surface area contributed by atoms with Gasteiger partial charge in [0, 0.05) is 18.5 Å². The lowest BCUT2D eigenvalue weighted by molar-refractivity contribution is 0.0985. The van der Waals surface area contributed by atoms with E-state index in [0.29, 0.717) is 6.54 Å². The topological polar surface area (TPSA) is 54.5 Å². The molecule has 0 fully saturated rings. The molecular formula is C17H16ClNO3S. The average molecular weight is 350 g/mol. The number of aryl methyl sites for hydroxylation is 1. The molecule has 0 saturated heterocycles. The summed E-state index contributed by atoms with van der Waals surface area (Å²) in [4.78, 5) is 14.7. The second-order valence-corrected chi connectivity index (χ2v) is 8.03. The molecule has 0 spiro atoms. The van der Waals surface area contributed by atoms with E-state index in [1.54, 1.807) is 4.90 Å². The smallest absolute Gasteiger partial charge is 0.259 e. The largest absolute Gasteiger partial charge is 0.308 e. The van der Waals surface area contributed by atoms with Crippen molar-refractivity contribution >= 4 is 33.0 Å². The zero-order chi connectivity index (χ0) is 16.6. The summed E-state index contributed by atoms with van der Waals surface area (Å²) in [6.07, 6.45) is 2.91. The Morgan fingerprint density at radius 3 is 2.65 bits per heavy atom. The van der Waals surface area contributed by atoms with Gasteiger partial charge in [-0.25, -0.2) is 8.42 Å². The van der Waals surface area contributed by atoms with Crippen LogP contribution in [0.15, 0.2) is 47.4 Å². The highest BCUT2D eigenvalue weighted by atomic mass is 35.5. The molecule has 23 heavy (non-hydrogen) atoms. The standard InChI is InChI=1S/C17H16ClNO3S/c1-23(21,22)13-8-9-15(18)14(11-13)17(20)19-10-4-6-12-5-2-3-7-16(12)19/h2-3,5,7-9,11H,4,6,10H2,1H3. The molecule has 0 bridgehead atoms. The molecule has 1 heterocycles. The van der Waals surface area contributed by atoms with E-state index in [1.807, 2.05) is 24.3 Å². The maximum absolute atomic E-state index is 12.9. The molecule has 4 nitrogen and oxygen atoms in total. The molecule has 120 valence electrons. The summed E-state index contributed by atoms with van der Waals surface area (Å²) >= 11 is 6.15. The van der Waals surface area contributed by atoms with Gasteiger partial charge in [-0.2, -0.15) is 0 Å². The number of rotatable bonds is 2. The van der Waals surface area contributed by atoms with Crippen molar-refractivity contribution in [2.45, 2.75) is 17.7 Å². The van der Waals surface area contributed by atoms with Crippen LogP contribution < -0.4 is 4.90 Å². The van der Waals surface area contributed by atoms with Crippen molar-refractivity contribution in [2.75, 3.05) is 17.7 Å². The SMILES string of the molecule is CS(=O)(=O)c1ccc(Cl)c(C(=O)N2CCCc3ccccc32)c1. The van der Waals surface area contributed by atoms with Crippen LogP contribution in [0.5, 0.6) is 0 Å². The van der Waals surface area contributed by atoms with E-state index in [2.05, 4.69) is 0 Å². The minimum absolute atomic E-state index is 0.0931. The third-order valence-corrected chi connectivity index (χ3v) is 5.39. The fraction of sp³-hybridized carbons (Fsp3) is 0.235. The summed E-state index contributed by atoms with van der Waals surface area (Å²) in [7, 11) is -3.40. The van der Waals surface area contributed by atoms with Crippen LogP contribution in [0.3, 0.4) is 0 Å². The van der Waals surface area contributed by atoms with E-state index < -0.39 is 9.84 Å². The lowest BCUT2D eigenvalue weighted by Crippen LogP contribution is -2.35. The summed E-state index contributed by atoms with van der Waals surface area (Å²) in [6.45, 7) is 0.593. The van der Waals surface area contributed by atoms with Gasteiger partial charge in [0.25, 0.3) is 5.91 Å². The van der Waals surface area contributed by atoms with Crippen LogP contribution in [0, 0.1) is 0 Å². The van der Waals surface area contributed by atoms with Crippen LogP contribution >= 0.6 is 11.6 Å². The summed E-state index contributed by atoms with van der Waals surface area (Å²) in [5, 5.41) is 0.255. The van der Waals surface area contributed by atoms with E-state index in [4.69, 9.17) is 11.6 Å². The molecule has 0 N–H and O–H groups in total. The molecule has 0 aliphatic carbocycles. The van der Waals surface area contributed by atoms with Gasteiger partial charge in [0.2, 0.25) is 0 Å². The van der Waals surface area contributed by atoms with Crippen LogP contribution in [0.4, 0.5) is 5.69 Å². The second kappa shape index (κ2) is 5.98. The van der Waals surface area contributed by atoms with Crippen molar-refractivity contribution in [3.63, 3.8) is 0 Å². The molecule has 1 aliphatic rings. The number of anilines is 1. The number of halogens is 1. The fourth-order valence-corrected chi connectivity index (χ4v) is 3.63. The van der Waals surface area contributed by atoms with Gasteiger partial charge in [-0.3, -0.25) is 4.79 Å². The number of sulfone groups is 1. The summed E-state index contributed by atoms with van der Waals surface area (Å²) in [5.41, 5.74) is 2.19. The van der Waals surface area contributed by atoms with E-state index in [0.717, 1.165) is 30.3 Å². The number of fused-ring (bicyclic) bond motifs is 1. The molecule has 2 aromatic carbocycles. The lowest BCUT2D eigenvalue weighted by Gasteiger charge is -2.29. The van der Waals surface area contributed by atoms with Crippen LogP contribution in [-0.4, -0.2) is 27.1 Å². The number of hydrogen-bond acceptors (Lipinski definition) is 3. The van der Waals surface area contributed by atoms with Crippen molar-refractivity contribution in [1.82, 2.24) is 0 Å². The fourth-order valence-electron chi connectivity index (χ4n) is 2.79. The van der Waals surface area contributed by atoms with Gasteiger partial charge in [-0.05, 0) is 42.7 Å². The van der Waals surface area contributed by atoms with E-state index >= 15 is 0 Å². The number of carbonyl (C=O) groups is 1.